The topological polar surface area (TPSA) is 62.6 Å². The number of hydrogen-bond donors (Lipinski definition) is 1. The largest absolute Gasteiger partial charge is 0.447 e. The van der Waals surface area contributed by atoms with Crippen LogP contribution in [0.5, 0.6) is 0 Å². The molecule has 1 aliphatic carbocycles. The zero-order valence-corrected chi connectivity index (χ0v) is 13.5. The second-order valence-electron chi connectivity index (χ2n) is 6.43. The Labute approximate surface area is 121 Å². The van der Waals surface area contributed by atoms with Crippen LogP contribution in [0.3, 0.4) is 0 Å². The van der Waals surface area contributed by atoms with Crippen LogP contribution in [0.2, 0.25) is 0 Å². The van der Waals surface area contributed by atoms with Crippen molar-refractivity contribution in [3.8, 4) is 0 Å². The van der Waals surface area contributed by atoms with E-state index in [4.69, 9.17) is 4.42 Å². The van der Waals surface area contributed by atoms with Gasteiger partial charge < -0.3 is 9.73 Å². The summed E-state index contributed by atoms with van der Waals surface area (Å²) in [5, 5.41) is 3.31. The first-order chi connectivity index (χ1) is 9.20. The van der Waals surface area contributed by atoms with Crippen LogP contribution in [0.4, 0.5) is 0 Å². The summed E-state index contributed by atoms with van der Waals surface area (Å²) in [5.74, 6) is 0.639. The molecular formula is C14H24N2O3S. The van der Waals surface area contributed by atoms with Crippen LogP contribution in [0.15, 0.2) is 21.6 Å². The number of rotatable bonds is 5. The molecule has 5 nitrogen and oxygen atoms in total. The summed E-state index contributed by atoms with van der Waals surface area (Å²) in [6.07, 6.45) is 2.98. The lowest BCUT2D eigenvalue weighted by Crippen LogP contribution is -2.41. The molecule has 0 bridgehead atoms. The average molecular weight is 300 g/mol. The Hall–Kier alpha value is -0.850. The molecule has 114 valence electrons. The van der Waals surface area contributed by atoms with Crippen molar-refractivity contribution in [3.63, 3.8) is 0 Å². The van der Waals surface area contributed by atoms with Crippen molar-refractivity contribution in [1.29, 1.82) is 0 Å². The summed E-state index contributed by atoms with van der Waals surface area (Å²) in [6.45, 7) is 6.68. The summed E-state index contributed by atoms with van der Waals surface area (Å²) in [6, 6.07) is 3.39. The van der Waals surface area contributed by atoms with Crippen molar-refractivity contribution in [1.82, 2.24) is 9.62 Å². The number of sulfonamides is 1. The lowest BCUT2D eigenvalue weighted by Gasteiger charge is -2.33. The summed E-state index contributed by atoms with van der Waals surface area (Å²) in [7, 11) is -1.86. The van der Waals surface area contributed by atoms with E-state index < -0.39 is 10.0 Å². The molecule has 1 heterocycles. The van der Waals surface area contributed by atoms with Gasteiger partial charge in [0.15, 0.2) is 0 Å². The highest BCUT2D eigenvalue weighted by Crippen LogP contribution is 2.29. The second-order valence-corrected chi connectivity index (χ2v) is 8.36. The van der Waals surface area contributed by atoms with Crippen LogP contribution in [0.25, 0.3) is 0 Å². The first-order valence-electron chi connectivity index (χ1n) is 7.02. The number of furan rings is 1. The van der Waals surface area contributed by atoms with Crippen molar-refractivity contribution in [3.05, 3.63) is 17.9 Å². The minimum atomic E-state index is -3.49. The molecule has 0 aromatic carbocycles. The van der Waals surface area contributed by atoms with Crippen LogP contribution in [0.1, 0.15) is 45.8 Å². The van der Waals surface area contributed by atoms with Gasteiger partial charge in [0.1, 0.15) is 5.76 Å². The summed E-state index contributed by atoms with van der Waals surface area (Å²) < 4.78 is 31.7. The van der Waals surface area contributed by atoms with E-state index >= 15 is 0 Å². The first-order valence-corrected chi connectivity index (χ1v) is 8.46. The fourth-order valence-electron chi connectivity index (χ4n) is 2.03. The number of nitrogens with one attached hydrogen (secondary N) is 1. The molecule has 2 rings (SSSR count). The highest BCUT2D eigenvalue weighted by molar-refractivity contribution is 7.89. The lowest BCUT2D eigenvalue weighted by molar-refractivity contribution is 0.243. The summed E-state index contributed by atoms with van der Waals surface area (Å²) in [4.78, 5) is 0. The Bertz CT molecular complexity index is 553. The van der Waals surface area contributed by atoms with E-state index in [2.05, 4.69) is 26.1 Å². The molecule has 0 amide bonds. The van der Waals surface area contributed by atoms with Crippen molar-refractivity contribution >= 4 is 10.0 Å². The fourth-order valence-corrected chi connectivity index (χ4v) is 3.37. The van der Waals surface area contributed by atoms with Crippen LogP contribution in [-0.2, 0) is 16.6 Å². The first kappa shape index (κ1) is 15.5. The third-order valence-electron chi connectivity index (χ3n) is 3.65. The fraction of sp³-hybridized carbons (Fsp3) is 0.714. The standard InChI is InChI=1S/C14H24N2O3S/c1-14(2,3)15-10-12-8-9-13(19-12)20(17,18)16(4)11-6-5-7-11/h8-9,11,15H,5-7,10H2,1-4H3. The maximum Gasteiger partial charge on any atom is 0.276 e. The van der Waals surface area contributed by atoms with Gasteiger partial charge in [0.25, 0.3) is 10.0 Å². The monoisotopic (exact) mass is 300 g/mol. The van der Waals surface area contributed by atoms with E-state index in [0.717, 1.165) is 19.3 Å². The number of nitrogens with zero attached hydrogens (tertiary/aromatic N) is 1. The van der Waals surface area contributed by atoms with Gasteiger partial charge in [-0.05, 0) is 45.7 Å². The molecule has 1 saturated carbocycles. The maximum atomic E-state index is 12.4. The van der Waals surface area contributed by atoms with Gasteiger partial charge in [0.05, 0.1) is 6.54 Å². The predicted octanol–water partition coefficient (Wildman–Crippen LogP) is 2.34. The van der Waals surface area contributed by atoms with Crippen molar-refractivity contribution in [2.75, 3.05) is 7.05 Å². The Balaban J connectivity index is 2.07. The van der Waals surface area contributed by atoms with E-state index in [1.54, 1.807) is 19.2 Å². The Morgan fingerprint density at radius 2 is 2.00 bits per heavy atom. The second kappa shape index (κ2) is 5.50. The zero-order chi connectivity index (χ0) is 15.0. The molecule has 6 heteroatoms. The van der Waals surface area contributed by atoms with Crippen LogP contribution >= 0.6 is 0 Å². The van der Waals surface area contributed by atoms with E-state index in [-0.39, 0.29) is 16.7 Å². The molecule has 0 radical (unpaired) electrons. The summed E-state index contributed by atoms with van der Waals surface area (Å²) in [5.41, 5.74) is -0.0332. The van der Waals surface area contributed by atoms with Crippen molar-refractivity contribution in [2.24, 2.45) is 0 Å². The average Bonchev–Trinajstić information content (AvgIpc) is 2.72. The molecule has 1 aliphatic rings. The third kappa shape index (κ3) is 3.42. The van der Waals surface area contributed by atoms with Gasteiger partial charge in [-0.15, -0.1) is 0 Å². The zero-order valence-electron chi connectivity index (χ0n) is 12.6. The highest BCUT2D eigenvalue weighted by Gasteiger charge is 2.33. The molecule has 20 heavy (non-hydrogen) atoms. The van der Waals surface area contributed by atoms with E-state index in [9.17, 15) is 8.42 Å². The van der Waals surface area contributed by atoms with E-state index in [0.29, 0.717) is 12.3 Å². The quantitative estimate of drug-likeness (QED) is 0.906. The van der Waals surface area contributed by atoms with Crippen molar-refractivity contribution < 1.29 is 12.8 Å². The lowest BCUT2D eigenvalue weighted by atomic mass is 9.94. The Morgan fingerprint density at radius 1 is 1.35 bits per heavy atom. The Kier molecular flexibility index (Phi) is 4.27. The highest BCUT2D eigenvalue weighted by atomic mass is 32.2. The molecule has 0 unspecified atom stereocenters. The van der Waals surface area contributed by atoms with Gasteiger partial charge in [-0.2, -0.15) is 4.31 Å². The van der Waals surface area contributed by atoms with Crippen molar-refractivity contribution in [2.45, 2.75) is 63.3 Å². The molecule has 0 aliphatic heterocycles. The predicted molar refractivity (Wildman–Crippen MR) is 77.9 cm³/mol. The molecule has 1 N–H and O–H groups in total. The van der Waals surface area contributed by atoms with Crippen LogP contribution in [0, 0.1) is 0 Å². The molecule has 0 saturated heterocycles. The SMILES string of the molecule is CN(C1CCC1)S(=O)(=O)c1ccc(CNC(C)(C)C)o1. The minimum absolute atomic E-state index is 0.0332. The van der Waals surface area contributed by atoms with Gasteiger partial charge in [-0.25, -0.2) is 8.42 Å². The normalized spacial score (nSPS) is 17.4. The van der Waals surface area contributed by atoms with Gasteiger partial charge in [-0.1, -0.05) is 6.42 Å². The number of hydrogen-bond acceptors (Lipinski definition) is 4. The van der Waals surface area contributed by atoms with E-state index in [1.165, 1.54) is 4.31 Å². The molecular weight excluding hydrogens is 276 g/mol. The smallest absolute Gasteiger partial charge is 0.276 e. The maximum absolute atomic E-state index is 12.4. The van der Waals surface area contributed by atoms with Crippen LogP contribution in [-0.4, -0.2) is 31.4 Å². The van der Waals surface area contributed by atoms with Gasteiger partial charge in [0.2, 0.25) is 5.09 Å². The molecule has 0 spiro atoms. The minimum Gasteiger partial charge on any atom is -0.447 e. The van der Waals surface area contributed by atoms with Gasteiger partial charge in [-0.3, -0.25) is 0 Å². The molecule has 1 aromatic rings. The van der Waals surface area contributed by atoms with E-state index in [1.807, 2.05) is 0 Å². The Morgan fingerprint density at radius 3 is 2.50 bits per heavy atom. The summed E-state index contributed by atoms with van der Waals surface area (Å²) >= 11 is 0. The molecule has 1 aromatic heterocycles. The molecule has 0 atom stereocenters. The third-order valence-corrected chi connectivity index (χ3v) is 5.44. The van der Waals surface area contributed by atoms with Gasteiger partial charge >= 0.3 is 0 Å². The van der Waals surface area contributed by atoms with Crippen LogP contribution < -0.4 is 5.32 Å². The molecule has 1 fully saturated rings. The van der Waals surface area contributed by atoms with Gasteiger partial charge in [0, 0.05) is 18.6 Å².